The molecule has 10 rings (SSSR count). The number of aromatic nitrogens is 2. The van der Waals surface area contributed by atoms with Crippen LogP contribution in [0.1, 0.15) is 48.8 Å². The van der Waals surface area contributed by atoms with Gasteiger partial charge in [-0.3, -0.25) is 9.80 Å². The molecule has 0 aliphatic carbocycles. The minimum Gasteiger partial charge on any atom is -0.461 e. The van der Waals surface area contributed by atoms with Gasteiger partial charge in [-0.05, 0) is 55.0 Å². The molecule has 5 saturated heterocycles. The lowest BCUT2D eigenvalue weighted by atomic mass is 9.90. The van der Waals surface area contributed by atoms with E-state index in [1.165, 1.54) is 12.1 Å². The number of fused-ring (bicyclic) bond motifs is 7. The molecule has 6 aliphatic rings. The van der Waals surface area contributed by atoms with E-state index in [-0.39, 0.29) is 77.0 Å². The number of benzene rings is 2. The first-order valence-electron chi connectivity index (χ1n) is 18.0. The van der Waals surface area contributed by atoms with Crippen LogP contribution in [0.25, 0.3) is 33.0 Å². The average molecular weight is 702 g/mol. The number of ether oxygens (including phenoxy) is 3. The molecule has 266 valence electrons. The Morgan fingerprint density at radius 1 is 1.04 bits per heavy atom. The van der Waals surface area contributed by atoms with E-state index in [0.717, 1.165) is 70.6 Å². The Bertz CT molecular complexity index is 2120. The van der Waals surface area contributed by atoms with Crippen molar-refractivity contribution in [1.29, 1.82) is 5.26 Å². The molecule has 2 aromatic carbocycles. The lowest BCUT2D eigenvalue weighted by molar-refractivity contribution is -0.0484. The van der Waals surface area contributed by atoms with Crippen LogP contribution in [0.15, 0.2) is 16.5 Å². The summed E-state index contributed by atoms with van der Waals surface area (Å²) in [5.41, 5.74) is 7.09. The number of alkyl halides is 1. The molecule has 4 aromatic rings. The second-order valence-electron chi connectivity index (χ2n) is 15.2. The van der Waals surface area contributed by atoms with Gasteiger partial charge in [0.05, 0.1) is 42.7 Å². The van der Waals surface area contributed by atoms with Gasteiger partial charge in [0.25, 0.3) is 0 Å². The highest BCUT2D eigenvalue weighted by Gasteiger charge is 2.50. The minimum absolute atomic E-state index is 0.0349. The molecule has 2 N–H and O–H groups in total. The van der Waals surface area contributed by atoms with Crippen LogP contribution >= 0.6 is 0 Å². The highest BCUT2D eigenvalue weighted by Crippen LogP contribution is 2.48. The first kappa shape index (κ1) is 31.6. The number of anilines is 2. The third-order valence-corrected chi connectivity index (χ3v) is 12.2. The molecule has 14 heteroatoms. The van der Waals surface area contributed by atoms with Crippen molar-refractivity contribution in [3.05, 3.63) is 40.5 Å². The van der Waals surface area contributed by atoms with Gasteiger partial charge < -0.3 is 29.3 Å². The predicted octanol–water partition coefficient (Wildman–Crippen LogP) is 5.06. The molecule has 0 spiro atoms. The number of piperazine rings is 1. The van der Waals surface area contributed by atoms with Gasteiger partial charge in [-0.25, -0.2) is 13.2 Å². The van der Waals surface area contributed by atoms with Gasteiger partial charge in [-0.2, -0.15) is 15.2 Å². The van der Waals surface area contributed by atoms with E-state index in [0.29, 0.717) is 35.7 Å². The van der Waals surface area contributed by atoms with Gasteiger partial charge in [0, 0.05) is 56.2 Å². The Balaban J connectivity index is 1.14. The molecule has 11 nitrogen and oxygen atoms in total. The zero-order valence-electron chi connectivity index (χ0n) is 28.1. The average Bonchev–Trinajstić information content (AvgIpc) is 3.90. The van der Waals surface area contributed by atoms with Crippen molar-refractivity contribution in [2.24, 2.45) is 5.92 Å². The Labute approximate surface area is 292 Å². The van der Waals surface area contributed by atoms with Gasteiger partial charge in [-0.1, -0.05) is 6.07 Å². The number of hydrogen-bond acceptors (Lipinski definition) is 11. The summed E-state index contributed by atoms with van der Waals surface area (Å²) in [4.78, 5) is 16.9. The molecule has 8 heterocycles. The summed E-state index contributed by atoms with van der Waals surface area (Å²) in [7, 11) is 0. The van der Waals surface area contributed by atoms with Crippen molar-refractivity contribution < 1.29 is 31.8 Å². The number of nitrogens with two attached hydrogens (primary N) is 1. The molecule has 6 aliphatic heterocycles. The van der Waals surface area contributed by atoms with Crippen molar-refractivity contribution in [3.63, 3.8) is 0 Å². The Morgan fingerprint density at radius 3 is 2.61 bits per heavy atom. The first-order chi connectivity index (χ1) is 24.8. The van der Waals surface area contributed by atoms with Gasteiger partial charge in [0.1, 0.15) is 35.7 Å². The summed E-state index contributed by atoms with van der Waals surface area (Å²) in [5.74, 6) is -0.441. The molecule has 0 radical (unpaired) electrons. The molecule has 51 heavy (non-hydrogen) atoms. The zero-order valence-corrected chi connectivity index (χ0v) is 28.1. The molecule has 4 atom stereocenters. The molecule has 2 unspecified atom stereocenters. The van der Waals surface area contributed by atoms with Crippen LogP contribution in [-0.2, 0) is 22.7 Å². The normalized spacial score (nSPS) is 27.7. The van der Waals surface area contributed by atoms with E-state index in [1.54, 1.807) is 0 Å². The van der Waals surface area contributed by atoms with Gasteiger partial charge in [0.15, 0.2) is 17.2 Å². The summed E-state index contributed by atoms with van der Waals surface area (Å²) < 4.78 is 70.6. The SMILES string of the molecule is N#Cc1c(N)oc2c(F)ccc(-c3c4c(c5c(N6C7CCC6CN(CC6COC6)C7)nc(OC[C@@]67CCCN6C[C@H](F)C7)nc5c3F)COC4)c12. The quantitative estimate of drug-likeness (QED) is 0.278. The number of halogens is 3. The summed E-state index contributed by atoms with van der Waals surface area (Å²) in [6.45, 7) is 6.00. The van der Waals surface area contributed by atoms with Crippen molar-refractivity contribution in [3.8, 4) is 23.2 Å². The predicted molar refractivity (Wildman–Crippen MR) is 181 cm³/mol. The number of nitriles is 1. The molecule has 0 saturated carbocycles. The Morgan fingerprint density at radius 2 is 1.84 bits per heavy atom. The maximum atomic E-state index is 17.5. The van der Waals surface area contributed by atoms with Crippen molar-refractivity contribution >= 4 is 33.6 Å². The van der Waals surface area contributed by atoms with Crippen LogP contribution in [0.3, 0.4) is 0 Å². The number of rotatable bonds is 7. The number of furan rings is 1. The van der Waals surface area contributed by atoms with E-state index in [1.807, 2.05) is 6.07 Å². The Kier molecular flexibility index (Phi) is 7.23. The van der Waals surface area contributed by atoms with Crippen LogP contribution in [-0.4, -0.2) is 96.1 Å². The maximum Gasteiger partial charge on any atom is 0.319 e. The van der Waals surface area contributed by atoms with Crippen LogP contribution in [0.5, 0.6) is 6.01 Å². The van der Waals surface area contributed by atoms with Crippen molar-refractivity contribution in [1.82, 2.24) is 19.8 Å². The summed E-state index contributed by atoms with van der Waals surface area (Å²) in [6, 6.07) is 5.00. The fourth-order valence-corrected chi connectivity index (χ4v) is 9.92. The van der Waals surface area contributed by atoms with E-state index >= 15 is 8.78 Å². The monoisotopic (exact) mass is 701 g/mol. The minimum atomic E-state index is -0.925. The first-order valence-corrected chi connectivity index (χ1v) is 18.0. The highest BCUT2D eigenvalue weighted by molar-refractivity contribution is 6.05. The maximum absolute atomic E-state index is 17.5. The van der Waals surface area contributed by atoms with Crippen LogP contribution in [0.2, 0.25) is 0 Å². The summed E-state index contributed by atoms with van der Waals surface area (Å²) in [6.07, 6.45) is 3.18. The van der Waals surface area contributed by atoms with Crippen LogP contribution < -0.4 is 15.4 Å². The van der Waals surface area contributed by atoms with Crippen molar-refractivity contribution in [2.45, 2.75) is 69.1 Å². The fourth-order valence-electron chi connectivity index (χ4n) is 9.92. The number of likely N-dealkylation sites (tertiary alicyclic amines) is 1. The van der Waals surface area contributed by atoms with E-state index in [9.17, 15) is 9.65 Å². The van der Waals surface area contributed by atoms with Crippen molar-refractivity contribution in [2.75, 3.05) is 63.2 Å². The summed E-state index contributed by atoms with van der Waals surface area (Å²) >= 11 is 0. The Hall–Kier alpha value is -4.16. The highest BCUT2D eigenvalue weighted by atomic mass is 19.1. The number of hydrogen-bond donors (Lipinski definition) is 1. The molecule has 2 aromatic heterocycles. The van der Waals surface area contributed by atoms with E-state index < -0.39 is 23.3 Å². The van der Waals surface area contributed by atoms with E-state index in [4.69, 9.17) is 34.3 Å². The molecule has 5 fully saturated rings. The number of nitrogens with zero attached hydrogens (tertiary/aromatic N) is 6. The summed E-state index contributed by atoms with van der Waals surface area (Å²) in [5, 5.41) is 10.7. The second kappa shape index (κ2) is 11.7. The third kappa shape index (κ3) is 4.77. The largest absolute Gasteiger partial charge is 0.461 e. The topological polar surface area (TPSA) is 126 Å². The second-order valence-corrected chi connectivity index (χ2v) is 15.2. The van der Waals surface area contributed by atoms with Crippen LogP contribution in [0, 0.1) is 28.9 Å². The molecular formula is C37H38F3N7O4. The van der Waals surface area contributed by atoms with Crippen LogP contribution in [0.4, 0.5) is 24.9 Å². The van der Waals surface area contributed by atoms with E-state index in [2.05, 4.69) is 14.7 Å². The smallest absolute Gasteiger partial charge is 0.319 e. The van der Waals surface area contributed by atoms with Gasteiger partial charge in [-0.15, -0.1) is 0 Å². The fraction of sp³-hybridized carbons (Fsp3) is 0.541. The molecule has 0 amide bonds. The van der Waals surface area contributed by atoms with Gasteiger partial charge in [0.2, 0.25) is 5.88 Å². The molecule has 2 bridgehead atoms. The standard InChI is InChI=1S/C37H38F3N7O4/c38-20-8-37(6-1-7-46(37)11-20)18-50-36-43-32-30(35(44-36)47-21-2-3-22(47)13-45(12-21)10-19-14-48-15-19)26-17-49-16-25(26)28(31(32)40)23-4-5-27(39)33-29(23)24(9-41)34(42)51-33/h4-5,19-22H,1-3,6-8,10-18,42H2/t20-,21?,22?,37+/m1/s1. The number of nitrogen functional groups attached to an aromatic ring is 1. The zero-order chi connectivity index (χ0) is 34.6. The van der Waals surface area contributed by atoms with Gasteiger partial charge >= 0.3 is 6.01 Å². The molecular weight excluding hydrogens is 663 g/mol. The lowest BCUT2D eigenvalue weighted by Gasteiger charge is -2.44. The third-order valence-electron chi connectivity index (χ3n) is 12.2. The lowest BCUT2D eigenvalue weighted by Crippen LogP contribution is -2.56.